The third kappa shape index (κ3) is 4.10. The lowest BCUT2D eigenvalue weighted by atomic mass is 9.95. The van der Waals surface area contributed by atoms with Crippen LogP contribution in [0.25, 0.3) is 0 Å². The van der Waals surface area contributed by atoms with Gasteiger partial charge in [-0.15, -0.1) is 0 Å². The van der Waals surface area contributed by atoms with Crippen LogP contribution >= 0.6 is 0 Å². The van der Waals surface area contributed by atoms with Crippen LogP contribution in [0.5, 0.6) is 0 Å². The average Bonchev–Trinajstić information content (AvgIpc) is 2.29. The van der Waals surface area contributed by atoms with Crippen molar-refractivity contribution in [3.05, 3.63) is 0 Å². The lowest BCUT2D eigenvalue weighted by molar-refractivity contribution is 0.173. The van der Waals surface area contributed by atoms with Crippen LogP contribution in [0.2, 0.25) is 0 Å². The molecule has 1 aliphatic carbocycles. The predicted molar refractivity (Wildman–Crippen MR) is 62.9 cm³/mol. The van der Waals surface area contributed by atoms with Crippen molar-refractivity contribution in [3.8, 4) is 0 Å². The molecule has 0 heterocycles. The van der Waals surface area contributed by atoms with Gasteiger partial charge < -0.3 is 10.2 Å². The molecule has 0 aromatic heterocycles. The van der Waals surface area contributed by atoms with Crippen LogP contribution in [0.3, 0.4) is 0 Å². The Hall–Kier alpha value is -0.730. The Labute approximate surface area is 93.2 Å². The number of hydrogen-bond acceptors (Lipinski definition) is 1. The van der Waals surface area contributed by atoms with Crippen LogP contribution in [0.4, 0.5) is 4.79 Å². The molecular formula is C12H24N2O. The minimum Gasteiger partial charge on any atom is -0.338 e. The first kappa shape index (κ1) is 12.3. The maximum Gasteiger partial charge on any atom is 0.317 e. The molecule has 0 spiro atoms. The van der Waals surface area contributed by atoms with E-state index in [0.717, 1.165) is 19.4 Å². The number of unbranched alkanes of at least 4 members (excludes halogenated alkanes) is 1. The zero-order valence-electron chi connectivity index (χ0n) is 10.1. The molecule has 3 heteroatoms. The van der Waals surface area contributed by atoms with Crippen molar-refractivity contribution in [1.82, 2.24) is 10.2 Å². The van der Waals surface area contributed by atoms with Gasteiger partial charge >= 0.3 is 6.03 Å². The molecule has 2 amide bonds. The number of amides is 2. The minimum atomic E-state index is 0.107. The normalized spacial score (nSPS) is 17.5. The van der Waals surface area contributed by atoms with Crippen LogP contribution in [-0.2, 0) is 0 Å². The lowest BCUT2D eigenvalue weighted by Crippen LogP contribution is -2.44. The summed E-state index contributed by atoms with van der Waals surface area (Å²) in [5, 5.41) is 2.97. The summed E-state index contributed by atoms with van der Waals surface area (Å²) in [6.07, 6.45) is 8.45. The van der Waals surface area contributed by atoms with Crippen molar-refractivity contribution in [2.75, 3.05) is 13.6 Å². The van der Waals surface area contributed by atoms with Gasteiger partial charge in [0, 0.05) is 19.6 Å². The monoisotopic (exact) mass is 212 g/mol. The number of nitrogens with zero attached hydrogens (tertiary/aromatic N) is 1. The average molecular weight is 212 g/mol. The number of hydrogen-bond donors (Lipinski definition) is 1. The molecule has 0 atom stereocenters. The van der Waals surface area contributed by atoms with Crippen molar-refractivity contribution < 1.29 is 4.79 Å². The van der Waals surface area contributed by atoms with Crippen LogP contribution in [0.15, 0.2) is 0 Å². The minimum absolute atomic E-state index is 0.107. The smallest absolute Gasteiger partial charge is 0.317 e. The van der Waals surface area contributed by atoms with Crippen molar-refractivity contribution in [2.45, 2.75) is 57.9 Å². The summed E-state index contributed by atoms with van der Waals surface area (Å²) < 4.78 is 0. The zero-order chi connectivity index (χ0) is 11.1. The van der Waals surface area contributed by atoms with E-state index < -0.39 is 0 Å². The Kier molecular flexibility index (Phi) is 5.51. The first-order valence-electron chi connectivity index (χ1n) is 6.26. The highest BCUT2D eigenvalue weighted by Crippen LogP contribution is 2.21. The molecule has 0 unspecified atom stereocenters. The number of rotatable bonds is 4. The van der Waals surface area contributed by atoms with Crippen LogP contribution in [-0.4, -0.2) is 30.6 Å². The third-order valence-corrected chi connectivity index (χ3v) is 3.25. The molecule has 1 rings (SSSR count). The van der Waals surface area contributed by atoms with E-state index in [2.05, 4.69) is 12.2 Å². The quantitative estimate of drug-likeness (QED) is 0.714. The molecule has 0 aliphatic heterocycles. The predicted octanol–water partition coefficient (Wildman–Crippen LogP) is 2.76. The molecule has 0 bridgehead atoms. The van der Waals surface area contributed by atoms with Gasteiger partial charge in [0.15, 0.2) is 0 Å². The summed E-state index contributed by atoms with van der Waals surface area (Å²) in [5.41, 5.74) is 0. The standard InChI is InChI=1S/C12H24N2O/c1-3-4-10-13-12(15)14(2)11-8-6-5-7-9-11/h11H,3-10H2,1-2H3,(H,13,15). The number of urea groups is 1. The first-order chi connectivity index (χ1) is 7.25. The van der Waals surface area contributed by atoms with Crippen molar-refractivity contribution in [1.29, 1.82) is 0 Å². The summed E-state index contributed by atoms with van der Waals surface area (Å²) >= 11 is 0. The highest BCUT2D eigenvalue weighted by atomic mass is 16.2. The SMILES string of the molecule is CCCCNC(=O)N(C)C1CCCCC1. The fraction of sp³-hybridized carbons (Fsp3) is 0.917. The third-order valence-electron chi connectivity index (χ3n) is 3.25. The molecule has 1 aliphatic rings. The van der Waals surface area contributed by atoms with Gasteiger partial charge in [0.05, 0.1) is 0 Å². The fourth-order valence-corrected chi connectivity index (χ4v) is 2.13. The maximum absolute atomic E-state index is 11.7. The van der Waals surface area contributed by atoms with E-state index in [4.69, 9.17) is 0 Å². The van der Waals surface area contributed by atoms with Gasteiger partial charge in [0.2, 0.25) is 0 Å². The van der Waals surface area contributed by atoms with Gasteiger partial charge in [-0.3, -0.25) is 0 Å². The highest BCUT2D eigenvalue weighted by Gasteiger charge is 2.21. The Bertz CT molecular complexity index is 188. The Balaban J connectivity index is 2.24. The van der Waals surface area contributed by atoms with Crippen molar-refractivity contribution in [3.63, 3.8) is 0 Å². The molecule has 3 nitrogen and oxygen atoms in total. The van der Waals surface area contributed by atoms with Crippen molar-refractivity contribution >= 4 is 6.03 Å². The van der Waals surface area contributed by atoms with E-state index in [1.54, 1.807) is 0 Å². The molecule has 0 aromatic rings. The van der Waals surface area contributed by atoms with Crippen molar-refractivity contribution in [2.24, 2.45) is 0 Å². The van der Waals surface area contributed by atoms with Gasteiger partial charge in [0.25, 0.3) is 0 Å². The Morgan fingerprint density at radius 3 is 2.60 bits per heavy atom. The second-order valence-electron chi connectivity index (χ2n) is 4.49. The van der Waals surface area contributed by atoms with E-state index in [1.807, 2.05) is 11.9 Å². The largest absolute Gasteiger partial charge is 0.338 e. The molecule has 88 valence electrons. The summed E-state index contributed by atoms with van der Waals surface area (Å²) in [6, 6.07) is 0.579. The Morgan fingerprint density at radius 1 is 1.33 bits per heavy atom. The summed E-state index contributed by atoms with van der Waals surface area (Å²) in [4.78, 5) is 13.6. The fourth-order valence-electron chi connectivity index (χ4n) is 2.13. The van der Waals surface area contributed by atoms with Gasteiger partial charge in [-0.25, -0.2) is 4.79 Å². The van der Waals surface area contributed by atoms with Gasteiger partial charge in [-0.05, 0) is 19.3 Å². The van der Waals surface area contributed by atoms with Crippen LogP contribution < -0.4 is 5.32 Å². The number of carbonyl (C=O) groups excluding carboxylic acids is 1. The van der Waals surface area contributed by atoms with E-state index in [-0.39, 0.29) is 6.03 Å². The summed E-state index contributed by atoms with van der Waals surface area (Å²) in [6.45, 7) is 2.95. The molecule has 1 saturated carbocycles. The van der Waals surface area contributed by atoms with E-state index in [0.29, 0.717) is 6.04 Å². The topological polar surface area (TPSA) is 32.3 Å². The van der Waals surface area contributed by atoms with Gasteiger partial charge in [0.1, 0.15) is 0 Å². The zero-order valence-corrected chi connectivity index (χ0v) is 10.1. The molecule has 15 heavy (non-hydrogen) atoms. The second kappa shape index (κ2) is 6.70. The van der Waals surface area contributed by atoms with Gasteiger partial charge in [-0.1, -0.05) is 32.6 Å². The highest BCUT2D eigenvalue weighted by molar-refractivity contribution is 5.74. The second-order valence-corrected chi connectivity index (χ2v) is 4.49. The Morgan fingerprint density at radius 2 is 2.00 bits per heavy atom. The van der Waals surface area contributed by atoms with E-state index >= 15 is 0 Å². The van der Waals surface area contributed by atoms with Gasteiger partial charge in [-0.2, -0.15) is 0 Å². The molecule has 1 N–H and O–H groups in total. The first-order valence-corrected chi connectivity index (χ1v) is 6.26. The summed E-state index contributed by atoms with van der Waals surface area (Å²) in [5.74, 6) is 0. The number of carbonyl (C=O) groups is 1. The van der Waals surface area contributed by atoms with E-state index in [9.17, 15) is 4.79 Å². The lowest BCUT2D eigenvalue weighted by Gasteiger charge is -2.31. The molecular weight excluding hydrogens is 188 g/mol. The van der Waals surface area contributed by atoms with Crippen LogP contribution in [0.1, 0.15) is 51.9 Å². The number of nitrogens with one attached hydrogen (secondary N) is 1. The maximum atomic E-state index is 11.7. The molecule has 0 aromatic carbocycles. The molecule has 0 saturated heterocycles. The van der Waals surface area contributed by atoms with Crippen LogP contribution in [0, 0.1) is 0 Å². The van der Waals surface area contributed by atoms with E-state index in [1.165, 1.54) is 32.1 Å². The molecule has 0 radical (unpaired) electrons. The summed E-state index contributed by atoms with van der Waals surface area (Å²) in [7, 11) is 1.93. The molecule has 1 fully saturated rings.